The van der Waals surface area contributed by atoms with E-state index in [1.165, 1.54) is 0 Å². The summed E-state index contributed by atoms with van der Waals surface area (Å²) in [6.07, 6.45) is 0.137. The summed E-state index contributed by atoms with van der Waals surface area (Å²) in [5, 5.41) is 12.4. The van der Waals surface area contributed by atoms with Crippen molar-refractivity contribution in [1.29, 1.82) is 0 Å². The standard InChI is InChI=1S/C14H27N3O2/c1-6-9-10-11(12(7(2)3)17(9)15)14(19)16(8(4)5)13(10)18/h7-12,14,19H,6,15H2,1-5H3. The molecule has 5 heteroatoms. The third kappa shape index (κ3) is 1.99. The number of amides is 1. The van der Waals surface area contributed by atoms with Crippen LogP contribution in [0.4, 0.5) is 0 Å². The average molecular weight is 269 g/mol. The van der Waals surface area contributed by atoms with Crippen molar-refractivity contribution < 1.29 is 9.90 Å². The molecule has 0 aromatic carbocycles. The molecule has 2 saturated heterocycles. The highest BCUT2D eigenvalue weighted by Gasteiger charge is 2.61. The minimum Gasteiger partial charge on any atom is -0.373 e. The fourth-order valence-electron chi connectivity index (χ4n) is 4.07. The molecule has 0 aliphatic carbocycles. The van der Waals surface area contributed by atoms with Gasteiger partial charge in [0.15, 0.2) is 0 Å². The summed E-state index contributed by atoms with van der Waals surface area (Å²) in [5.74, 6) is 6.39. The van der Waals surface area contributed by atoms with Gasteiger partial charge in [-0.25, -0.2) is 5.01 Å². The molecule has 110 valence electrons. The van der Waals surface area contributed by atoms with Gasteiger partial charge in [-0.15, -0.1) is 0 Å². The monoisotopic (exact) mass is 269 g/mol. The predicted octanol–water partition coefficient (Wildman–Crippen LogP) is 0.780. The van der Waals surface area contributed by atoms with Gasteiger partial charge in [-0.05, 0) is 26.2 Å². The lowest BCUT2D eigenvalue weighted by molar-refractivity contribution is -0.140. The first-order chi connectivity index (χ1) is 8.82. The molecule has 0 spiro atoms. The minimum atomic E-state index is -0.701. The van der Waals surface area contributed by atoms with Crippen molar-refractivity contribution in [2.24, 2.45) is 23.6 Å². The van der Waals surface area contributed by atoms with Gasteiger partial charge in [0.1, 0.15) is 6.23 Å². The van der Waals surface area contributed by atoms with Crippen LogP contribution < -0.4 is 5.84 Å². The van der Waals surface area contributed by atoms with E-state index in [2.05, 4.69) is 20.8 Å². The molecule has 1 amide bonds. The van der Waals surface area contributed by atoms with E-state index in [1.54, 1.807) is 4.90 Å². The van der Waals surface area contributed by atoms with Crippen LogP contribution >= 0.6 is 0 Å². The second-order valence-corrected chi connectivity index (χ2v) is 6.51. The van der Waals surface area contributed by atoms with Crippen molar-refractivity contribution in [2.45, 2.75) is 65.4 Å². The largest absolute Gasteiger partial charge is 0.373 e. The molecule has 0 aromatic heterocycles. The SMILES string of the molecule is CCC1C2C(=O)N(C(C)C)C(O)C2C(C(C)C)N1N. The smallest absolute Gasteiger partial charge is 0.230 e. The molecule has 2 heterocycles. The van der Waals surface area contributed by atoms with E-state index in [1.807, 2.05) is 18.9 Å². The predicted molar refractivity (Wildman–Crippen MR) is 73.7 cm³/mol. The summed E-state index contributed by atoms with van der Waals surface area (Å²) in [6.45, 7) is 10.2. The molecule has 0 saturated carbocycles. The number of carbonyl (C=O) groups is 1. The van der Waals surface area contributed by atoms with Gasteiger partial charge in [-0.3, -0.25) is 10.6 Å². The van der Waals surface area contributed by atoms with E-state index in [9.17, 15) is 9.90 Å². The van der Waals surface area contributed by atoms with Crippen molar-refractivity contribution in [1.82, 2.24) is 9.91 Å². The Bertz CT molecular complexity index is 359. The number of likely N-dealkylation sites (tertiary alicyclic amines) is 1. The number of hydrogen-bond acceptors (Lipinski definition) is 4. The number of nitrogens with zero attached hydrogens (tertiary/aromatic N) is 2. The lowest BCUT2D eigenvalue weighted by Gasteiger charge is -2.35. The Labute approximate surface area is 115 Å². The van der Waals surface area contributed by atoms with E-state index in [4.69, 9.17) is 5.84 Å². The third-order valence-corrected chi connectivity index (χ3v) is 4.78. The van der Waals surface area contributed by atoms with E-state index >= 15 is 0 Å². The first-order valence-electron chi connectivity index (χ1n) is 7.36. The maximum atomic E-state index is 12.6. The highest BCUT2D eigenvalue weighted by molar-refractivity contribution is 5.83. The summed E-state index contributed by atoms with van der Waals surface area (Å²) in [4.78, 5) is 14.2. The molecule has 0 aromatic rings. The van der Waals surface area contributed by atoms with Crippen LogP contribution in [-0.2, 0) is 4.79 Å². The second kappa shape index (κ2) is 5.04. The van der Waals surface area contributed by atoms with E-state index < -0.39 is 6.23 Å². The zero-order valence-corrected chi connectivity index (χ0v) is 12.6. The molecule has 5 unspecified atom stereocenters. The van der Waals surface area contributed by atoms with Crippen LogP contribution in [0, 0.1) is 17.8 Å². The zero-order chi connectivity index (χ0) is 14.5. The fraction of sp³-hybridized carbons (Fsp3) is 0.929. The molecular weight excluding hydrogens is 242 g/mol. The zero-order valence-electron chi connectivity index (χ0n) is 12.6. The average Bonchev–Trinajstić information content (AvgIpc) is 2.72. The number of hydrogen-bond donors (Lipinski definition) is 2. The number of hydrazine groups is 1. The van der Waals surface area contributed by atoms with Gasteiger partial charge in [0.25, 0.3) is 0 Å². The van der Waals surface area contributed by atoms with Crippen LogP contribution in [-0.4, -0.2) is 45.3 Å². The van der Waals surface area contributed by atoms with Crippen molar-refractivity contribution in [3.8, 4) is 0 Å². The Morgan fingerprint density at radius 2 is 1.89 bits per heavy atom. The number of rotatable bonds is 3. The molecular formula is C14H27N3O2. The molecule has 5 atom stereocenters. The van der Waals surface area contributed by atoms with Gasteiger partial charge < -0.3 is 10.0 Å². The molecule has 0 radical (unpaired) electrons. The van der Waals surface area contributed by atoms with Crippen molar-refractivity contribution in [2.75, 3.05) is 0 Å². The quantitative estimate of drug-likeness (QED) is 0.743. The molecule has 19 heavy (non-hydrogen) atoms. The van der Waals surface area contributed by atoms with Crippen LogP contribution in [0.15, 0.2) is 0 Å². The molecule has 2 aliphatic heterocycles. The molecule has 2 fully saturated rings. The number of fused-ring (bicyclic) bond motifs is 1. The van der Waals surface area contributed by atoms with Crippen LogP contribution in [0.25, 0.3) is 0 Å². The maximum absolute atomic E-state index is 12.6. The third-order valence-electron chi connectivity index (χ3n) is 4.78. The van der Waals surface area contributed by atoms with Gasteiger partial charge in [0, 0.05) is 24.0 Å². The van der Waals surface area contributed by atoms with Crippen LogP contribution in [0.1, 0.15) is 41.0 Å². The van der Waals surface area contributed by atoms with Crippen LogP contribution in [0.3, 0.4) is 0 Å². The van der Waals surface area contributed by atoms with Gasteiger partial charge in [-0.1, -0.05) is 20.8 Å². The van der Waals surface area contributed by atoms with E-state index in [0.717, 1.165) is 6.42 Å². The number of nitrogens with two attached hydrogens (primary N) is 1. The summed E-state index contributed by atoms with van der Waals surface area (Å²) in [6, 6.07) is 0.144. The molecule has 3 N–H and O–H groups in total. The van der Waals surface area contributed by atoms with Crippen molar-refractivity contribution in [3.05, 3.63) is 0 Å². The Kier molecular flexibility index (Phi) is 3.91. The van der Waals surface area contributed by atoms with Crippen molar-refractivity contribution in [3.63, 3.8) is 0 Å². The Morgan fingerprint density at radius 3 is 2.32 bits per heavy atom. The number of aliphatic hydroxyl groups is 1. The highest BCUT2D eigenvalue weighted by atomic mass is 16.3. The van der Waals surface area contributed by atoms with E-state index in [0.29, 0.717) is 5.92 Å². The topological polar surface area (TPSA) is 69.8 Å². The van der Waals surface area contributed by atoms with Gasteiger partial charge in [-0.2, -0.15) is 0 Å². The molecule has 5 nitrogen and oxygen atoms in total. The van der Waals surface area contributed by atoms with Crippen molar-refractivity contribution >= 4 is 5.91 Å². The fourth-order valence-corrected chi connectivity index (χ4v) is 4.07. The van der Waals surface area contributed by atoms with Crippen LogP contribution in [0.2, 0.25) is 0 Å². The first kappa shape index (κ1) is 14.8. The Balaban J connectivity index is 2.39. The summed E-state index contributed by atoms with van der Waals surface area (Å²) in [7, 11) is 0. The van der Waals surface area contributed by atoms with E-state index in [-0.39, 0.29) is 35.9 Å². The first-order valence-corrected chi connectivity index (χ1v) is 7.36. The summed E-state index contributed by atoms with van der Waals surface area (Å²) < 4.78 is 0. The van der Waals surface area contributed by atoms with Gasteiger partial charge in [0.05, 0.1) is 5.92 Å². The molecule has 0 bridgehead atoms. The highest BCUT2D eigenvalue weighted by Crippen LogP contribution is 2.46. The number of carbonyl (C=O) groups excluding carboxylic acids is 1. The Morgan fingerprint density at radius 1 is 1.32 bits per heavy atom. The second-order valence-electron chi connectivity index (χ2n) is 6.51. The molecule has 2 rings (SSSR count). The lowest BCUT2D eigenvalue weighted by Crippen LogP contribution is -2.52. The minimum absolute atomic E-state index is 0.0321. The van der Waals surface area contributed by atoms with Gasteiger partial charge in [0.2, 0.25) is 5.91 Å². The number of aliphatic hydroxyl groups excluding tert-OH is 1. The lowest BCUT2D eigenvalue weighted by atomic mass is 9.84. The van der Waals surface area contributed by atoms with Gasteiger partial charge >= 0.3 is 0 Å². The summed E-state index contributed by atoms with van der Waals surface area (Å²) in [5.41, 5.74) is 0. The molecule has 2 aliphatic rings. The maximum Gasteiger partial charge on any atom is 0.230 e. The summed E-state index contributed by atoms with van der Waals surface area (Å²) >= 11 is 0. The Hall–Kier alpha value is -0.650. The normalized spacial score (nSPS) is 39.7. The van der Waals surface area contributed by atoms with Crippen LogP contribution in [0.5, 0.6) is 0 Å².